The van der Waals surface area contributed by atoms with Gasteiger partial charge in [0.2, 0.25) is 0 Å². The summed E-state index contributed by atoms with van der Waals surface area (Å²) in [5.41, 5.74) is 3.19. The molecule has 3 heteroatoms. The number of rotatable bonds is 6. The number of hydrogen-bond acceptors (Lipinski definition) is 1. The molecule has 0 amide bonds. The van der Waals surface area contributed by atoms with E-state index in [2.05, 4.69) is 53.5 Å². The summed E-state index contributed by atoms with van der Waals surface area (Å²) in [6.07, 6.45) is 12.8. The van der Waals surface area contributed by atoms with Crippen LogP contribution in [0.1, 0.15) is 74.0 Å². The monoisotopic (exact) mass is 434 g/mol. The molecule has 2 aromatic rings. The third-order valence-corrected chi connectivity index (χ3v) is 7.31. The average Bonchev–Trinajstić information content (AvgIpc) is 2.82. The van der Waals surface area contributed by atoms with E-state index in [-0.39, 0.29) is 5.75 Å². The van der Waals surface area contributed by atoms with Gasteiger partial charge in [0.05, 0.1) is 0 Å². The minimum Gasteiger partial charge on any atom is -0.435 e. The van der Waals surface area contributed by atoms with Crippen LogP contribution in [0.25, 0.3) is 0 Å². The fourth-order valence-electron chi connectivity index (χ4n) is 5.61. The summed E-state index contributed by atoms with van der Waals surface area (Å²) in [6.45, 7) is 1.07. The molecule has 4 unspecified atom stereocenters. The van der Waals surface area contributed by atoms with E-state index in [0.29, 0.717) is 5.92 Å². The van der Waals surface area contributed by atoms with Crippen LogP contribution in [0, 0.1) is 29.6 Å². The van der Waals surface area contributed by atoms with Gasteiger partial charge in [0.25, 0.3) is 0 Å². The summed E-state index contributed by atoms with van der Waals surface area (Å²) in [5.74, 6) is 9.82. The van der Waals surface area contributed by atoms with Gasteiger partial charge < -0.3 is 4.74 Å². The van der Waals surface area contributed by atoms with Gasteiger partial charge in [-0.25, -0.2) is 0 Å². The molecule has 2 saturated carbocycles. The smallest absolute Gasteiger partial charge is 0.387 e. The van der Waals surface area contributed by atoms with Crippen LogP contribution in [0.3, 0.4) is 0 Å². The van der Waals surface area contributed by atoms with E-state index in [0.717, 1.165) is 28.9 Å². The van der Waals surface area contributed by atoms with E-state index in [1.165, 1.54) is 69.1 Å². The van der Waals surface area contributed by atoms with Crippen molar-refractivity contribution < 1.29 is 13.5 Å². The summed E-state index contributed by atoms with van der Waals surface area (Å²) >= 11 is 0. The molecule has 0 N–H and O–H groups in total. The topological polar surface area (TPSA) is 9.23 Å². The highest BCUT2D eigenvalue weighted by molar-refractivity contribution is 5.45. The number of allylic oxidation sites excluding steroid dienone is 1. The summed E-state index contributed by atoms with van der Waals surface area (Å²) in [5, 5.41) is 0. The third-order valence-electron chi connectivity index (χ3n) is 7.31. The lowest BCUT2D eigenvalue weighted by Gasteiger charge is -2.42. The molecule has 0 aromatic heterocycles. The lowest BCUT2D eigenvalue weighted by molar-refractivity contribution is -0.0498. The number of hydrogen-bond donors (Lipinski definition) is 0. The Bertz CT molecular complexity index is 936. The maximum absolute atomic E-state index is 12.2. The first-order chi connectivity index (χ1) is 15.6. The van der Waals surface area contributed by atoms with E-state index in [1.54, 1.807) is 12.1 Å². The fraction of sp³-hybridized carbons (Fsp3) is 0.448. The van der Waals surface area contributed by atoms with Crippen LogP contribution in [0.4, 0.5) is 8.78 Å². The van der Waals surface area contributed by atoms with Gasteiger partial charge in [-0.05, 0) is 111 Å². The third kappa shape index (κ3) is 6.00. The van der Waals surface area contributed by atoms with Gasteiger partial charge in [-0.3, -0.25) is 0 Å². The molecule has 0 aliphatic heterocycles. The SMILES string of the molecule is C=CCCC1CCC2CC(c3ccc(C#Cc4ccc(OC(F)F)cc4)cc3)CCC2C1. The Balaban J connectivity index is 1.32. The maximum Gasteiger partial charge on any atom is 0.387 e. The van der Waals surface area contributed by atoms with E-state index in [4.69, 9.17) is 0 Å². The van der Waals surface area contributed by atoms with Gasteiger partial charge in [0.1, 0.15) is 5.75 Å². The summed E-state index contributed by atoms with van der Waals surface area (Å²) in [6, 6.07) is 15.1. The predicted octanol–water partition coefficient (Wildman–Crippen LogP) is 7.95. The molecule has 0 bridgehead atoms. The van der Waals surface area contributed by atoms with Crippen molar-refractivity contribution in [3.63, 3.8) is 0 Å². The summed E-state index contributed by atoms with van der Waals surface area (Å²) in [7, 11) is 0. The average molecular weight is 435 g/mol. The highest BCUT2D eigenvalue weighted by atomic mass is 19.3. The first-order valence-corrected chi connectivity index (χ1v) is 11.9. The van der Waals surface area contributed by atoms with Crippen molar-refractivity contribution in [2.75, 3.05) is 0 Å². The molecule has 0 spiro atoms. The zero-order chi connectivity index (χ0) is 22.3. The zero-order valence-corrected chi connectivity index (χ0v) is 18.6. The fourth-order valence-corrected chi connectivity index (χ4v) is 5.61. The standard InChI is InChI=1S/C29H32F2O/c1-2-3-4-23-9-14-27-20-26(16-15-25(27)19-23)24-12-7-21(8-13-24)5-6-22-10-17-28(18-11-22)32-29(30)31/h2,7-8,10-13,17-18,23,25-27,29H,1,3-4,9,14-16,19-20H2. The van der Waals surface area contributed by atoms with Crippen molar-refractivity contribution in [1.82, 2.24) is 0 Å². The van der Waals surface area contributed by atoms with Crippen LogP contribution in [0.15, 0.2) is 61.2 Å². The van der Waals surface area contributed by atoms with Crippen LogP contribution >= 0.6 is 0 Å². The summed E-state index contributed by atoms with van der Waals surface area (Å²) < 4.78 is 28.9. The van der Waals surface area contributed by atoms with Crippen molar-refractivity contribution in [2.45, 2.75) is 63.9 Å². The first kappa shape index (κ1) is 22.6. The Morgan fingerprint density at radius 3 is 2.16 bits per heavy atom. The van der Waals surface area contributed by atoms with Gasteiger partial charge in [-0.2, -0.15) is 8.78 Å². The largest absolute Gasteiger partial charge is 0.435 e. The lowest BCUT2D eigenvalue weighted by atomic mass is 9.63. The highest BCUT2D eigenvalue weighted by Crippen LogP contribution is 2.48. The summed E-state index contributed by atoms with van der Waals surface area (Å²) in [4.78, 5) is 0. The number of benzene rings is 2. The van der Waals surface area contributed by atoms with Crippen LogP contribution < -0.4 is 4.74 Å². The van der Waals surface area contributed by atoms with E-state index >= 15 is 0 Å². The second kappa shape index (κ2) is 10.8. The molecule has 0 radical (unpaired) electrons. The Morgan fingerprint density at radius 1 is 0.875 bits per heavy atom. The second-order valence-corrected chi connectivity index (χ2v) is 9.35. The Morgan fingerprint density at radius 2 is 1.50 bits per heavy atom. The van der Waals surface area contributed by atoms with Gasteiger partial charge in [-0.1, -0.05) is 36.5 Å². The molecule has 0 saturated heterocycles. The first-order valence-electron chi connectivity index (χ1n) is 11.9. The van der Waals surface area contributed by atoms with Gasteiger partial charge in [0.15, 0.2) is 0 Å². The van der Waals surface area contributed by atoms with Crippen LogP contribution in [-0.2, 0) is 0 Å². The molecule has 4 rings (SSSR count). The Kier molecular flexibility index (Phi) is 7.63. The molecule has 2 aliphatic carbocycles. The quantitative estimate of drug-likeness (QED) is 0.331. The molecule has 1 nitrogen and oxygen atoms in total. The number of ether oxygens (including phenoxy) is 1. The number of fused-ring (bicyclic) bond motifs is 1. The van der Waals surface area contributed by atoms with Crippen molar-refractivity contribution in [2.24, 2.45) is 17.8 Å². The maximum atomic E-state index is 12.2. The van der Waals surface area contributed by atoms with Crippen molar-refractivity contribution in [1.29, 1.82) is 0 Å². The van der Waals surface area contributed by atoms with E-state index < -0.39 is 6.61 Å². The molecule has 2 aromatic carbocycles. The Hall–Kier alpha value is -2.60. The van der Waals surface area contributed by atoms with Crippen LogP contribution in [0.2, 0.25) is 0 Å². The predicted molar refractivity (Wildman–Crippen MR) is 126 cm³/mol. The Labute approximate surface area is 190 Å². The normalized spacial score (nSPS) is 24.8. The van der Waals surface area contributed by atoms with Crippen LogP contribution in [0.5, 0.6) is 5.75 Å². The number of halogens is 2. The molecule has 4 atom stereocenters. The molecule has 2 fully saturated rings. The highest BCUT2D eigenvalue weighted by Gasteiger charge is 2.35. The molecule has 168 valence electrons. The zero-order valence-electron chi connectivity index (χ0n) is 18.6. The molecular weight excluding hydrogens is 402 g/mol. The molecule has 32 heavy (non-hydrogen) atoms. The van der Waals surface area contributed by atoms with Gasteiger partial charge in [-0.15, -0.1) is 6.58 Å². The molecule has 0 heterocycles. The number of alkyl halides is 2. The van der Waals surface area contributed by atoms with Gasteiger partial charge in [0, 0.05) is 11.1 Å². The van der Waals surface area contributed by atoms with Gasteiger partial charge >= 0.3 is 6.61 Å². The minimum atomic E-state index is -2.81. The second-order valence-electron chi connectivity index (χ2n) is 9.35. The van der Waals surface area contributed by atoms with Crippen molar-refractivity contribution >= 4 is 0 Å². The minimum absolute atomic E-state index is 0.148. The molecule has 2 aliphatic rings. The molecular formula is C29H32F2O. The van der Waals surface area contributed by atoms with Crippen molar-refractivity contribution in [3.05, 3.63) is 77.9 Å². The van der Waals surface area contributed by atoms with Crippen LogP contribution in [-0.4, -0.2) is 6.61 Å². The lowest BCUT2D eigenvalue weighted by Crippen LogP contribution is -2.30. The van der Waals surface area contributed by atoms with Crippen molar-refractivity contribution in [3.8, 4) is 17.6 Å². The van der Waals surface area contributed by atoms with E-state index in [9.17, 15) is 8.78 Å². The van der Waals surface area contributed by atoms with E-state index in [1.807, 2.05) is 0 Å².